The number of anilines is 4. The number of carbonyl (C=O) groups excluding carboxylic acids is 2. The fraction of sp³-hybridized carbons (Fsp3) is 0.136. The second-order valence-corrected chi connectivity index (χ2v) is 6.64. The molecule has 0 unspecified atom stereocenters. The normalized spacial score (nSPS) is 10.2. The number of benzene rings is 2. The lowest BCUT2D eigenvalue weighted by molar-refractivity contribution is -0.114. The summed E-state index contributed by atoms with van der Waals surface area (Å²) in [6.45, 7) is 5.44. The summed E-state index contributed by atoms with van der Waals surface area (Å²) in [6.07, 6.45) is 1.59. The molecule has 0 aliphatic carbocycles. The van der Waals surface area contributed by atoms with Crippen LogP contribution in [-0.4, -0.2) is 16.8 Å². The summed E-state index contributed by atoms with van der Waals surface area (Å²) in [4.78, 5) is 27.8. The zero-order valence-electron chi connectivity index (χ0n) is 16.0. The first-order chi connectivity index (χ1) is 13.4. The molecule has 28 heavy (non-hydrogen) atoms. The molecule has 0 bridgehead atoms. The van der Waals surface area contributed by atoms with E-state index in [1.54, 1.807) is 30.5 Å². The van der Waals surface area contributed by atoms with E-state index in [9.17, 15) is 9.59 Å². The Morgan fingerprint density at radius 2 is 1.39 bits per heavy atom. The van der Waals surface area contributed by atoms with Crippen LogP contribution in [-0.2, 0) is 4.79 Å². The molecule has 0 saturated carbocycles. The van der Waals surface area contributed by atoms with Crippen molar-refractivity contribution >= 4 is 34.6 Å². The highest BCUT2D eigenvalue weighted by Gasteiger charge is 2.09. The van der Waals surface area contributed by atoms with Gasteiger partial charge in [0.2, 0.25) is 5.91 Å². The Kier molecular flexibility index (Phi) is 5.69. The van der Waals surface area contributed by atoms with Crippen LogP contribution < -0.4 is 16.0 Å². The summed E-state index contributed by atoms with van der Waals surface area (Å²) in [5.74, 6) is -0.385. The van der Waals surface area contributed by atoms with Crippen LogP contribution in [0.5, 0.6) is 0 Å². The van der Waals surface area contributed by atoms with Crippen molar-refractivity contribution in [3.8, 4) is 0 Å². The van der Waals surface area contributed by atoms with Gasteiger partial charge in [0.15, 0.2) is 0 Å². The average molecular weight is 374 g/mol. The molecule has 0 atom stereocenters. The number of aromatic nitrogens is 1. The highest BCUT2D eigenvalue weighted by molar-refractivity contribution is 6.03. The molecule has 0 fully saturated rings. The van der Waals surface area contributed by atoms with Crippen molar-refractivity contribution in [1.82, 2.24) is 4.98 Å². The number of hydrogen-bond donors (Lipinski definition) is 3. The molecule has 1 aromatic heterocycles. The van der Waals surface area contributed by atoms with Crippen molar-refractivity contribution in [2.45, 2.75) is 20.8 Å². The quantitative estimate of drug-likeness (QED) is 0.607. The van der Waals surface area contributed by atoms with E-state index in [-0.39, 0.29) is 11.8 Å². The molecule has 0 aliphatic rings. The molecule has 0 spiro atoms. The fourth-order valence-electron chi connectivity index (χ4n) is 2.88. The monoisotopic (exact) mass is 374 g/mol. The van der Waals surface area contributed by atoms with E-state index < -0.39 is 0 Å². The van der Waals surface area contributed by atoms with Gasteiger partial charge in [0.25, 0.3) is 5.91 Å². The van der Waals surface area contributed by atoms with Crippen LogP contribution in [0.15, 0.2) is 60.8 Å². The van der Waals surface area contributed by atoms with Crippen molar-refractivity contribution in [2.24, 2.45) is 0 Å². The Hall–Kier alpha value is -3.67. The van der Waals surface area contributed by atoms with Gasteiger partial charge in [-0.3, -0.25) is 14.6 Å². The van der Waals surface area contributed by atoms with Crippen LogP contribution >= 0.6 is 0 Å². The minimum atomic E-state index is -0.269. The predicted octanol–water partition coefficient (Wildman–Crippen LogP) is 4.65. The molecule has 142 valence electrons. The molecule has 2 amide bonds. The molecule has 2 aromatic carbocycles. The molecular formula is C22H22N4O2. The van der Waals surface area contributed by atoms with Crippen LogP contribution in [0.25, 0.3) is 0 Å². The van der Waals surface area contributed by atoms with Gasteiger partial charge in [-0.2, -0.15) is 0 Å². The second-order valence-electron chi connectivity index (χ2n) is 6.64. The maximum atomic E-state index is 12.5. The van der Waals surface area contributed by atoms with E-state index in [4.69, 9.17) is 0 Å². The zero-order valence-corrected chi connectivity index (χ0v) is 16.0. The minimum Gasteiger partial charge on any atom is -0.355 e. The molecule has 0 aliphatic heterocycles. The maximum absolute atomic E-state index is 12.5. The third kappa shape index (κ3) is 5.17. The van der Waals surface area contributed by atoms with Crippen molar-refractivity contribution in [3.63, 3.8) is 0 Å². The van der Waals surface area contributed by atoms with E-state index >= 15 is 0 Å². The number of nitrogens with one attached hydrogen (secondary N) is 3. The first kappa shape index (κ1) is 19.1. The van der Waals surface area contributed by atoms with Crippen molar-refractivity contribution in [2.75, 3.05) is 16.0 Å². The van der Waals surface area contributed by atoms with Crippen molar-refractivity contribution < 1.29 is 9.59 Å². The van der Waals surface area contributed by atoms with Crippen LogP contribution in [0, 0.1) is 13.8 Å². The van der Waals surface area contributed by atoms with E-state index in [1.165, 1.54) is 6.92 Å². The number of amides is 2. The Morgan fingerprint density at radius 3 is 2.04 bits per heavy atom. The summed E-state index contributed by atoms with van der Waals surface area (Å²) in [7, 11) is 0. The summed E-state index contributed by atoms with van der Waals surface area (Å²) in [5, 5.41) is 8.84. The Balaban J connectivity index is 1.71. The number of pyridine rings is 1. The molecule has 0 radical (unpaired) electrons. The highest BCUT2D eigenvalue weighted by Crippen LogP contribution is 2.20. The standard InChI is InChI=1S/C22H22N4O2/c1-14-10-15(2)12-20(11-14)26-22(28)21-13-19(8-9-23-21)25-18-6-4-17(5-7-18)24-16(3)27/h4-13H,1-3H3,(H,23,25)(H,24,27)(H,26,28). The van der Waals surface area contributed by atoms with Gasteiger partial charge in [-0.25, -0.2) is 0 Å². The fourth-order valence-corrected chi connectivity index (χ4v) is 2.88. The number of aryl methyl sites for hydroxylation is 2. The first-order valence-electron chi connectivity index (χ1n) is 8.89. The molecule has 0 saturated heterocycles. The first-order valence-corrected chi connectivity index (χ1v) is 8.89. The van der Waals surface area contributed by atoms with Gasteiger partial charge in [0, 0.05) is 35.9 Å². The van der Waals surface area contributed by atoms with E-state index in [2.05, 4.69) is 27.0 Å². The Morgan fingerprint density at radius 1 is 0.750 bits per heavy atom. The molecule has 6 nitrogen and oxygen atoms in total. The second kappa shape index (κ2) is 8.35. The summed E-state index contributed by atoms with van der Waals surface area (Å²) >= 11 is 0. The minimum absolute atomic E-state index is 0.116. The largest absolute Gasteiger partial charge is 0.355 e. The summed E-state index contributed by atoms with van der Waals surface area (Å²) in [5.41, 5.74) is 5.54. The van der Waals surface area contributed by atoms with Gasteiger partial charge in [0.05, 0.1) is 0 Å². The van der Waals surface area contributed by atoms with Crippen LogP contribution in [0.1, 0.15) is 28.5 Å². The van der Waals surface area contributed by atoms with Crippen molar-refractivity contribution in [1.29, 1.82) is 0 Å². The third-order valence-corrected chi connectivity index (χ3v) is 3.97. The highest BCUT2D eigenvalue weighted by atomic mass is 16.2. The summed E-state index contributed by atoms with van der Waals surface area (Å²) in [6, 6.07) is 16.7. The van der Waals surface area contributed by atoms with Crippen LogP contribution in [0.3, 0.4) is 0 Å². The van der Waals surface area contributed by atoms with Crippen LogP contribution in [0.2, 0.25) is 0 Å². The lowest BCUT2D eigenvalue weighted by Gasteiger charge is -2.10. The number of carbonyl (C=O) groups is 2. The Bertz CT molecular complexity index is 993. The molecule has 6 heteroatoms. The lowest BCUT2D eigenvalue weighted by atomic mass is 10.1. The molecule has 3 N–H and O–H groups in total. The van der Waals surface area contributed by atoms with Gasteiger partial charge in [-0.15, -0.1) is 0 Å². The van der Waals surface area contributed by atoms with Gasteiger partial charge < -0.3 is 16.0 Å². The molecule has 3 aromatic rings. The van der Waals surface area contributed by atoms with E-state index in [0.29, 0.717) is 5.69 Å². The van der Waals surface area contributed by atoms with Gasteiger partial charge in [-0.05, 0) is 73.5 Å². The number of rotatable bonds is 5. The van der Waals surface area contributed by atoms with Gasteiger partial charge in [0.1, 0.15) is 5.69 Å². The average Bonchev–Trinajstić information content (AvgIpc) is 2.62. The smallest absolute Gasteiger partial charge is 0.274 e. The lowest BCUT2D eigenvalue weighted by Crippen LogP contribution is -2.14. The van der Waals surface area contributed by atoms with E-state index in [1.807, 2.05) is 38.1 Å². The number of nitrogens with zero attached hydrogens (tertiary/aromatic N) is 1. The molecule has 1 heterocycles. The van der Waals surface area contributed by atoms with Crippen LogP contribution in [0.4, 0.5) is 22.7 Å². The summed E-state index contributed by atoms with van der Waals surface area (Å²) < 4.78 is 0. The third-order valence-electron chi connectivity index (χ3n) is 3.97. The molecular weight excluding hydrogens is 352 g/mol. The van der Waals surface area contributed by atoms with E-state index in [0.717, 1.165) is 33.9 Å². The predicted molar refractivity (Wildman–Crippen MR) is 112 cm³/mol. The zero-order chi connectivity index (χ0) is 20.1. The number of hydrogen-bond acceptors (Lipinski definition) is 4. The van der Waals surface area contributed by atoms with Gasteiger partial charge in [-0.1, -0.05) is 6.07 Å². The van der Waals surface area contributed by atoms with Crippen molar-refractivity contribution in [3.05, 3.63) is 77.6 Å². The SMILES string of the molecule is CC(=O)Nc1ccc(Nc2ccnc(C(=O)Nc3cc(C)cc(C)c3)c2)cc1. The topological polar surface area (TPSA) is 83.1 Å². The Labute approximate surface area is 164 Å². The van der Waals surface area contributed by atoms with Gasteiger partial charge >= 0.3 is 0 Å². The molecule has 3 rings (SSSR count). The maximum Gasteiger partial charge on any atom is 0.274 e.